The average molecular weight is 472 g/mol. The van der Waals surface area contributed by atoms with Gasteiger partial charge in [-0.2, -0.15) is 0 Å². The Kier molecular flexibility index (Phi) is 9.29. The lowest BCUT2D eigenvalue weighted by Gasteiger charge is -2.42. The third-order valence-corrected chi connectivity index (χ3v) is 7.09. The lowest BCUT2D eigenvalue weighted by molar-refractivity contribution is -0.384. The van der Waals surface area contributed by atoms with E-state index >= 15 is 0 Å². The lowest BCUT2D eigenvalue weighted by atomic mass is 9.86. The number of nitrogens with one attached hydrogen (secondary N) is 2. The van der Waals surface area contributed by atoms with E-state index in [0.29, 0.717) is 18.5 Å². The number of unbranched alkanes of at least 4 members (excludes halogenated alkanes) is 5. The second kappa shape index (κ2) is 11.3. The largest absolute Gasteiger partial charge is 0.484 e. The van der Waals surface area contributed by atoms with Crippen LogP contribution in [0.15, 0.2) is 12.1 Å². The van der Waals surface area contributed by atoms with E-state index in [1.165, 1.54) is 12.1 Å². The summed E-state index contributed by atoms with van der Waals surface area (Å²) in [5.74, 6) is 0.164. The smallest absolute Gasteiger partial charge is 0.297 e. The van der Waals surface area contributed by atoms with Crippen molar-refractivity contribution < 1.29 is 23.2 Å². The zero-order chi connectivity index (χ0) is 23.9. The number of nitrogens with zero attached hydrogens (tertiary/aromatic N) is 1. The summed E-state index contributed by atoms with van der Waals surface area (Å²) in [6.07, 6.45) is 5.27. The van der Waals surface area contributed by atoms with Gasteiger partial charge in [-0.1, -0.05) is 46.0 Å². The first kappa shape index (κ1) is 26.3. The molecular weight excluding hydrogens is 434 g/mol. The summed E-state index contributed by atoms with van der Waals surface area (Å²) in [4.78, 5) is 11.1. The fourth-order valence-corrected chi connectivity index (χ4v) is 5.04. The summed E-state index contributed by atoms with van der Waals surface area (Å²) >= 11 is 0. The molecule has 2 unspecified atom stereocenters. The lowest BCUT2D eigenvalue weighted by Crippen LogP contribution is -2.52. The molecule has 182 valence electrons. The van der Waals surface area contributed by atoms with Gasteiger partial charge in [0.25, 0.3) is 5.69 Å². The maximum absolute atomic E-state index is 12.6. The molecule has 0 amide bonds. The van der Waals surface area contributed by atoms with Crippen molar-refractivity contribution in [2.45, 2.75) is 90.4 Å². The minimum Gasteiger partial charge on any atom is -0.484 e. The Morgan fingerprint density at radius 1 is 1.12 bits per heavy atom. The van der Waals surface area contributed by atoms with Crippen molar-refractivity contribution in [2.24, 2.45) is 0 Å². The number of aliphatic hydroxyl groups is 1. The monoisotopic (exact) mass is 471 g/mol. The minimum absolute atomic E-state index is 0.105. The van der Waals surface area contributed by atoms with E-state index in [4.69, 9.17) is 4.74 Å². The van der Waals surface area contributed by atoms with E-state index < -0.39 is 32.7 Å². The van der Waals surface area contributed by atoms with Crippen LogP contribution in [-0.4, -0.2) is 42.5 Å². The normalized spacial score (nSPS) is 19.8. The summed E-state index contributed by atoms with van der Waals surface area (Å²) in [6, 6.07) is 2.13. The van der Waals surface area contributed by atoms with E-state index in [0.717, 1.165) is 38.5 Å². The van der Waals surface area contributed by atoms with Gasteiger partial charge >= 0.3 is 0 Å². The number of fused-ring (bicyclic) bond motifs is 1. The van der Waals surface area contributed by atoms with Crippen LogP contribution >= 0.6 is 0 Å². The van der Waals surface area contributed by atoms with Crippen molar-refractivity contribution in [1.82, 2.24) is 5.32 Å². The van der Waals surface area contributed by atoms with Crippen LogP contribution in [0.5, 0.6) is 5.75 Å². The highest BCUT2D eigenvalue weighted by atomic mass is 32.2. The van der Waals surface area contributed by atoms with Crippen LogP contribution in [0.25, 0.3) is 0 Å². The Hall–Kier alpha value is -1.91. The van der Waals surface area contributed by atoms with Gasteiger partial charge in [0, 0.05) is 5.56 Å². The van der Waals surface area contributed by atoms with Crippen LogP contribution in [-0.2, 0) is 10.0 Å². The molecule has 9 nitrogen and oxygen atoms in total. The van der Waals surface area contributed by atoms with Gasteiger partial charge in [-0.05, 0) is 39.3 Å². The van der Waals surface area contributed by atoms with Crippen LogP contribution in [0.3, 0.4) is 0 Å². The molecule has 0 spiro atoms. The second-order valence-corrected chi connectivity index (χ2v) is 10.8. The Morgan fingerprint density at radius 3 is 2.41 bits per heavy atom. The molecule has 1 heterocycles. The van der Waals surface area contributed by atoms with Crippen molar-refractivity contribution in [1.29, 1.82) is 0 Å². The zero-order valence-electron chi connectivity index (χ0n) is 19.5. The number of benzene rings is 1. The number of ether oxygens (including phenoxy) is 1. The quantitative estimate of drug-likeness (QED) is 0.222. The summed E-state index contributed by atoms with van der Waals surface area (Å²) in [6.45, 7) is 8.23. The number of hydrogen-bond donors (Lipinski definition) is 3. The molecule has 0 bridgehead atoms. The molecular formula is C22H37N3O6S. The number of aliphatic hydroxyl groups excluding tert-OH is 1. The molecule has 0 saturated heterocycles. The number of anilines is 1. The Morgan fingerprint density at radius 2 is 1.78 bits per heavy atom. The molecule has 1 aliphatic rings. The number of nitro groups is 1. The molecule has 10 heteroatoms. The van der Waals surface area contributed by atoms with Crippen molar-refractivity contribution in [3.05, 3.63) is 27.8 Å². The van der Waals surface area contributed by atoms with Crippen molar-refractivity contribution in [3.8, 4) is 5.75 Å². The van der Waals surface area contributed by atoms with Crippen LogP contribution in [0.1, 0.15) is 84.2 Å². The van der Waals surface area contributed by atoms with Gasteiger partial charge in [0.1, 0.15) is 23.1 Å². The second-order valence-electron chi connectivity index (χ2n) is 8.94. The van der Waals surface area contributed by atoms with Gasteiger partial charge in [0.05, 0.1) is 22.8 Å². The van der Waals surface area contributed by atoms with Gasteiger partial charge < -0.3 is 15.2 Å². The number of sulfonamides is 1. The molecule has 2 rings (SSSR count). The first-order chi connectivity index (χ1) is 15.0. The van der Waals surface area contributed by atoms with Crippen molar-refractivity contribution in [2.75, 3.05) is 17.0 Å². The predicted octanol–water partition coefficient (Wildman–Crippen LogP) is 4.27. The van der Waals surface area contributed by atoms with E-state index in [1.807, 2.05) is 6.92 Å². The molecule has 0 fully saturated rings. The highest BCUT2D eigenvalue weighted by molar-refractivity contribution is 7.92. The molecule has 1 aromatic carbocycles. The van der Waals surface area contributed by atoms with Crippen LogP contribution in [0.2, 0.25) is 0 Å². The number of hydrogen-bond acceptors (Lipinski definition) is 7. The Bertz CT molecular complexity index is 888. The summed E-state index contributed by atoms with van der Waals surface area (Å²) in [5, 5.41) is 25.9. The molecule has 1 aliphatic heterocycles. The van der Waals surface area contributed by atoms with Gasteiger partial charge in [-0.3, -0.25) is 14.8 Å². The standard InChI is InChI=1S/C22H37N3O6S/c1-5-7-9-11-13-32(29,30)24-17-14-16-19(15-18(17)25(27)28)31-22(3,4)21(26)20(16)23-12-10-8-6-2/h14-15,20-21,23-24,26H,5-13H2,1-4H3. The Balaban J connectivity index is 2.38. The first-order valence-corrected chi connectivity index (χ1v) is 13.1. The molecule has 0 aromatic heterocycles. The van der Waals surface area contributed by atoms with Gasteiger partial charge in [0.15, 0.2) is 0 Å². The van der Waals surface area contributed by atoms with Gasteiger partial charge in [0.2, 0.25) is 10.0 Å². The fourth-order valence-electron chi connectivity index (χ4n) is 3.86. The zero-order valence-corrected chi connectivity index (χ0v) is 20.3. The van der Waals surface area contributed by atoms with Crippen LogP contribution in [0, 0.1) is 10.1 Å². The number of nitro benzene ring substituents is 1. The first-order valence-electron chi connectivity index (χ1n) is 11.5. The maximum atomic E-state index is 12.6. The molecule has 0 aliphatic carbocycles. The average Bonchev–Trinajstić information content (AvgIpc) is 2.70. The predicted molar refractivity (Wildman–Crippen MR) is 126 cm³/mol. The minimum atomic E-state index is -3.75. The number of rotatable bonds is 13. The Labute approximate surface area is 191 Å². The van der Waals surface area contributed by atoms with E-state index in [2.05, 4.69) is 17.0 Å². The van der Waals surface area contributed by atoms with E-state index in [1.54, 1.807) is 13.8 Å². The third kappa shape index (κ3) is 6.79. The van der Waals surface area contributed by atoms with Crippen molar-refractivity contribution >= 4 is 21.4 Å². The maximum Gasteiger partial charge on any atom is 0.297 e. The molecule has 1 aromatic rings. The fraction of sp³-hybridized carbons (Fsp3) is 0.727. The third-order valence-electron chi connectivity index (χ3n) is 5.74. The van der Waals surface area contributed by atoms with Crippen molar-refractivity contribution in [3.63, 3.8) is 0 Å². The highest BCUT2D eigenvalue weighted by Crippen LogP contribution is 2.44. The van der Waals surface area contributed by atoms with Crippen LogP contribution < -0.4 is 14.8 Å². The SMILES string of the molecule is CCCCCCS(=O)(=O)Nc1cc2c(cc1[N+](=O)[O-])OC(C)(C)C(O)C2NCCCCC. The molecule has 0 radical (unpaired) electrons. The summed E-state index contributed by atoms with van der Waals surface area (Å²) in [7, 11) is -3.75. The molecule has 2 atom stereocenters. The topological polar surface area (TPSA) is 131 Å². The summed E-state index contributed by atoms with van der Waals surface area (Å²) < 4.78 is 33.4. The van der Waals surface area contributed by atoms with Gasteiger partial charge in [-0.15, -0.1) is 0 Å². The van der Waals surface area contributed by atoms with Gasteiger partial charge in [-0.25, -0.2) is 8.42 Å². The summed E-state index contributed by atoms with van der Waals surface area (Å²) in [5.41, 5.74) is -0.954. The molecule has 0 saturated carbocycles. The van der Waals surface area contributed by atoms with Crippen LogP contribution in [0.4, 0.5) is 11.4 Å². The van der Waals surface area contributed by atoms with E-state index in [9.17, 15) is 23.6 Å². The molecule has 32 heavy (non-hydrogen) atoms. The highest BCUT2D eigenvalue weighted by Gasteiger charge is 2.44. The van der Waals surface area contributed by atoms with E-state index in [-0.39, 0.29) is 22.9 Å². The molecule has 3 N–H and O–H groups in total.